The highest BCUT2D eigenvalue weighted by Gasteiger charge is 2.03. The highest BCUT2D eigenvalue weighted by atomic mass is 15.1. The minimum Gasteiger partial charge on any atom is -0.440 e. The summed E-state index contributed by atoms with van der Waals surface area (Å²) >= 11 is 0. The van der Waals surface area contributed by atoms with Gasteiger partial charge in [-0.15, -0.1) is 0 Å². The Balaban J connectivity index is 1.67. The Hall–Kier alpha value is -2.10. The summed E-state index contributed by atoms with van der Waals surface area (Å²) in [6.07, 6.45) is 9.77. The second-order valence-electron chi connectivity index (χ2n) is 6.06. The van der Waals surface area contributed by atoms with E-state index in [0.29, 0.717) is 0 Å². The van der Waals surface area contributed by atoms with E-state index in [1.54, 1.807) is 0 Å². The summed E-state index contributed by atoms with van der Waals surface area (Å²) in [5.41, 5.74) is 4.59. The Labute approximate surface area is 131 Å². The number of nitrogens with zero attached hydrogens (tertiary/aromatic N) is 4. The Bertz CT molecular complexity index is 728. The minimum absolute atomic E-state index is 0.870. The highest BCUT2D eigenvalue weighted by molar-refractivity contribution is 5.76. The number of aryl methyl sites for hydroxylation is 5. The first-order valence-electron chi connectivity index (χ1n) is 8.11. The molecule has 0 saturated carbocycles. The maximum absolute atomic E-state index is 4.65. The van der Waals surface area contributed by atoms with Gasteiger partial charge in [-0.05, 0) is 42.4 Å². The average molecular weight is 296 g/mol. The van der Waals surface area contributed by atoms with Gasteiger partial charge in [0.15, 0.2) is 0 Å². The van der Waals surface area contributed by atoms with Crippen LogP contribution in [0.3, 0.4) is 0 Å². The number of aromatic nitrogens is 4. The largest absolute Gasteiger partial charge is 0.440 e. The zero-order valence-corrected chi connectivity index (χ0v) is 13.7. The molecular weight excluding hydrogens is 272 g/mol. The molecule has 0 aliphatic heterocycles. The van der Waals surface area contributed by atoms with Crippen LogP contribution in [0.5, 0.6) is 0 Å². The molecule has 0 fully saturated rings. The molecule has 0 amide bonds. The zero-order chi connectivity index (χ0) is 15.5. The van der Waals surface area contributed by atoms with E-state index >= 15 is 0 Å². The number of fused-ring (bicyclic) bond motifs is 1. The third-order valence-corrected chi connectivity index (χ3v) is 4.20. The molecule has 0 aliphatic rings. The van der Waals surface area contributed by atoms with Crippen LogP contribution < -0.4 is 9.55 Å². The molecule has 1 aromatic carbocycles. The Morgan fingerprint density at radius 2 is 2.05 bits per heavy atom. The van der Waals surface area contributed by atoms with Gasteiger partial charge >= 0.3 is 0 Å². The van der Waals surface area contributed by atoms with Crippen molar-refractivity contribution < 1.29 is 4.57 Å². The summed E-state index contributed by atoms with van der Waals surface area (Å²) < 4.78 is 4.46. The van der Waals surface area contributed by atoms with E-state index in [1.165, 1.54) is 24.0 Å². The van der Waals surface area contributed by atoms with Crippen LogP contribution in [0.4, 0.5) is 0 Å². The van der Waals surface area contributed by atoms with Crippen molar-refractivity contribution in [2.75, 3.05) is 0 Å². The minimum atomic E-state index is 0.870. The molecule has 0 unspecified atom stereocenters. The van der Waals surface area contributed by atoms with E-state index in [1.807, 2.05) is 0 Å². The summed E-state index contributed by atoms with van der Waals surface area (Å²) in [7, 11) is 0. The van der Waals surface area contributed by atoms with Crippen molar-refractivity contribution in [1.29, 1.82) is 0 Å². The standard InChI is InChI=1S/C18H24N4/c1-4-5-7-21-9-10-22(13-21)8-6-18-19-16-11-14(2)15(3)12-17(16)20-18/h9-13H,4-8H2,1-3H3. The second kappa shape index (κ2) is 6.34. The predicted octanol–water partition coefficient (Wildman–Crippen LogP) is 2.94. The second-order valence-corrected chi connectivity index (χ2v) is 6.06. The Morgan fingerprint density at radius 3 is 2.86 bits per heavy atom. The van der Waals surface area contributed by atoms with Crippen molar-refractivity contribution in [2.24, 2.45) is 0 Å². The lowest BCUT2D eigenvalue weighted by molar-refractivity contribution is -0.696. The number of rotatable bonds is 6. The van der Waals surface area contributed by atoms with Gasteiger partial charge in [0.1, 0.15) is 12.4 Å². The van der Waals surface area contributed by atoms with Crippen LogP contribution in [-0.2, 0) is 19.5 Å². The summed E-state index contributed by atoms with van der Waals surface area (Å²) in [6, 6.07) is 4.27. The van der Waals surface area contributed by atoms with Gasteiger partial charge in [0.2, 0.25) is 6.33 Å². The van der Waals surface area contributed by atoms with E-state index in [4.69, 9.17) is 0 Å². The van der Waals surface area contributed by atoms with Crippen molar-refractivity contribution in [1.82, 2.24) is 14.5 Å². The number of hydrogen-bond acceptors (Lipinski definition) is 1. The molecule has 22 heavy (non-hydrogen) atoms. The maximum atomic E-state index is 4.65. The van der Waals surface area contributed by atoms with E-state index in [-0.39, 0.29) is 0 Å². The number of imidazole rings is 2. The highest BCUT2D eigenvalue weighted by Crippen LogP contribution is 2.16. The summed E-state index contributed by atoms with van der Waals surface area (Å²) in [5.74, 6) is 0.939. The molecule has 2 aromatic heterocycles. The molecule has 4 heteroatoms. The van der Waals surface area contributed by atoms with Gasteiger partial charge in [-0.1, -0.05) is 31.3 Å². The molecule has 0 spiro atoms. The monoisotopic (exact) mass is 296 g/mol. The Kier molecular flexibility index (Phi) is 4.27. The zero-order valence-electron chi connectivity index (χ0n) is 13.7. The summed E-state index contributed by atoms with van der Waals surface area (Å²) in [6.45, 7) is 8.49. The third-order valence-electron chi connectivity index (χ3n) is 4.20. The number of unbranched alkanes of at least 4 members (excludes halogenated alkanes) is 1. The fourth-order valence-corrected chi connectivity index (χ4v) is 2.65. The summed E-state index contributed by atoms with van der Waals surface area (Å²) in [4.78, 5) is 9.31. The third kappa shape index (κ3) is 3.21. The molecule has 0 radical (unpaired) electrons. The molecule has 2 heterocycles. The molecule has 116 valence electrons. The fourth-order valence-electron chi connectivity index (χ4n) is 2.65. The van der Waals surface area contributed by atoms with Gasteiger partial charge in [-0.2, -0.15) is 0 Å². The van der Waals surface area contributed by atoms with Crippen molar-refractivity contribution >= 4 is 11.0 Å². The van der Waals surface area contributed by atoms with Crippen molar-refractivity contribution in [3.63, 3.8) is 0 Å². The molecule has 3 aromatic rings. The number of hydrogen-bond donors (Lipinski definition) is 0. The SMILES string of the molecule is CCCC[n+]1ccn(CCc2nc3cc(C)c(C)cc3[n-]2)c1. The van der Waals surface area contributed by atoms with Gasteiger partial charge < -0.3 is 9.97 Å². The fraction of sp³-hybridized carbons (Fsp3) is 0.444. The van der Waals surface area contributed by atoms with Gasteiger partial charge in [0, 0.05) is 6.42 Å². The normalized spacial score (nSPS) is 11.4. The molecular formula is C18H24N4. The van der Waals surface area contributed by atoms with Crippen LogP contribution in [0.2, 0.25) is 0 Å². The topological polar surface area (TPSA) is 35.8 Å². The van der Waals surface area contributed by atoms with Crippen molar-refractivity contribution in [3.8, 4) is 0 Å². The Morgan fingerprint density at radius 1 is 1.23 bits per heavy atom. The molecule has 0 atom stereocenters. The molecule has 3 rings (SSSR count). The lowest BCUT2D eigenvalue weighted by Gasteiger charge is -2.01. The molecule has 0 aliphatic carbocycles. The van der Waals surface area contributed by atoms with E-state index in [0.717, 1.165) is 36.4 Å². The van der Waals surface area contributed by atoms with Crippen molar-refractivity contribution in [3.05, 3.63) is 47.8 Å². The smallest absolute Gasteiger partial charge is 0.243 e. The van der Waals surface area contributed by atoms with E-state index in [2.05, 4.69) is 70.7 Å². The maximum Gasteiger partial charge on any atom is 0.243 e. The van der Waals surface area contributed by atoms with Gasteiger partial charge in [-0.3, -0.25) is 0 Å². The first kappa shape index (κ1) is 14.8. The van der Waals surface area contributed by atoms with Crippen LogP contribution in [0.1, 0.15) is 36.7 Å². The average Bonchev–Trinajstić information content (AvgIpc) is 3.10. The lowest BCUT2D eigenvalue weighted by atomic mass is 10.1. The van der Waals surface area contributed by atoms with Gasteiger partial charge in [-0.25, -0.2) is 9.13 Å². The molecule has 4 nitrogen and oxygen atoms in total. The summed E-state index contributed by atoms with van der Waals surface area (Å²) in [5, 5.41) is 0. The molecule has 0 bridgehead atoms. The first-order chi connectivity index (χ1) is 10.7. The molecule has 0 saturated heterocycles. The van der Waals surface area contributed by atoms with Crippen LogP contribution in [0.25, 0.3) is 11.0 Å². The van der Waals surface area contributed by atoms with Crippen molar-refractivity contribution in [2.45, 2.75) is 53.1 Å². The predicted molar refractivity (Wildman–Crippen MR) is 87.8 cm³/mol. The van der Waals surface area contributed by atoms with E-state index < -0.39 is 0 Å². The number of benzene rings is 1. The van der Waals surface area contributed by atoms with Crippen LogP contribution >= 0.6 is 0 Å². The van der Waals surface area contributed by atoms with Crippen LogP contribution in [0, 0.1) is 13.8 Å². The van der Waals surface area contributed by atoms with Crippen LogP contribution in [-0.4, -0.2) is 9.55 Å². The lowest BCUT2D eigenvalue weighted by Crippen LogP contribution is -2.30. The first-order valence-corrected chi connectivity index (χ1v) is 8.11. The van der Waals surface area contributed by atoms with E-state index in [9.17, 15) is 0 Å². The van der Waals surface area contributed by atoms with Crippen LogP contribution in [0.15, 0.2) is 30.9 Å². The van der Waals surface area contributed by atoms with Gasteiger partial charge in [0.05, 0.1) is 13.1 Å². The van der Waals surface area contributed by atoms with Gasteiger partial charge in [0.25, 0.3) is 0 Å². The molecule has 0 N–H and O–H groups in total. The quantitative estimate of drug-likeness (QED) is 0.656.